The molecule has 0 unspecified atom stereocenters. The van der Waals surface area contributed by atoms with E-state index >= 15 is 0 Å². The number of benzene rings is 2. The van der Waals surface area contributed by atoms with E-state index in [2.05, 4.69) is 20.8 Å². The molecule has 9 heteroatoms. The number of carbonyl (C=O) groups is 1. The highest BCUT2D eigenvalue weighted by Crippen LogP contribution is 2.26. The minimum Gasteiger partial charge on any atom is -0.324 e. The number of halogens is 2. The summed E-state index contributed by atoms with van der Waals surface area (Å²) >= 11 is 13.1. The molecule has 1 amide bonds. The molecule has 1 N–H and O–H groups in total. The lowest BCUT2D eigenvalue weighted by Crippen LogP contribution is -2.15. The van der Waals surface area contributed by atoms with E-state index in [4.69, 9.17) is 23.2 Å². The van der Waals surface area contributed by atoms with Gasteiger partial charge in [-0.05, 0) is 53.2 Å². The van der Waals surface area contributed by atoms with Crippen LogP contribution in [0, 0.1) is 6.92 Å². The summed E-state index contributed by atoms with van der Waals surface area (Å²) in [5, 5.41) is 15.8. The van der Waals surface area contributed by atoms with Crippen LogP contribution in [0.2, 0.25) is 10.0 Å². The van der Waals surface area contributed by atoms with Crippen LogP contribution in [0.15, 0.2) is 47.6 Å². The summed E-state index contributed by atoms with van der Waals surface area (Å²) in [6.45, 7) is 1.99. The molecule has 0 atom stereocenters. The minimum atomic E-state index is -0.215. The SMILES string of the molecule is Cc1cccc(-n2nnnc2SCC(=O)Nc2ccc(Cl)cc2Cl)c1. The van der Waals surface area contributed by atoms with Gasteiger partial charge in [0.15, 0.2) is 0 Å². The molecule has 0 saturated heterocycles. The van der Waals surface area contributed by atoms with Gasteiger partial charge in [0.1, 0.15) is 0 Å². The molecular formula is C16H13Cl2N5OS. The fourth-order valence-corrected chi connectivity index (χ4v) is 3.24. The summed E-state index contributed by atoms with van der Waals surface area (Å²) in [6, 6.07) is 12.7. The van der Waals surface area contributed by atoms with Gasteiger partial charge in [-0.3, -0.25) is 4.79 Å². The summed E-state index contributed by atoms with van der Waals surface area (Å²) in [7, 11) is 0. The molecule has 0 bridgehead atoms. The van der Waals surface area contributed by atoms with Gasteiger partial charge in [-0.15, -0.1) is 5.10 Å². The van der Waals surface area contributed by atoms with Gasteiger partial charge in [0.2, 0.25) is 11.1 Å². The molecule has 1 heterocycles. The van der Waals surface area contributed by atoms with Crippen LogP contribution in [0.4, 0.5) is 5.69 Å². The maximum absolute atomic E-state index is 12.1. The summed E-state index contributed by atoms with van der Waals surface area (Å²) in [4.78, 5) is 12.1. The molecule has 128 valence electrons. The number of hydrogen-bond donors (Lipinski definition) is 1. The smallest absolute Gasteiger partial charge is 0.234 e. The van der Waals surface area contributed by atoms with Gasteiger partial charge in [-0.2, -0.15) is 4.68 Å². The second-order valence-corrected chi connectivity index (χ2v) is 6.96. The predicted molar refractivity (Wildman–Crippen MR) is 99.7 cm³/mol. The van der Waals surface area contributed by atoms with Crippen LogP contribution in [0.5, 0.6) is 0 Å². The van der Waals surface area contributed by atoms with E-state index in [0.717, 1.165) is 11.3 Å². The standard InChI is InChI=1S/C16H13Cl2N5OS/c1-10-3-2-4-12(7-10)23-16(20-21-22-23)25-9-15(24)19-14-6-5-11(17)8-13(14)18/h2-8H,9H2,1H3,(H,19,24). The van der Waals surface area contributed by atoms with Gasteiger partial charge >= 0.3 is 0 Å². The zero-order chi connectivity index (χ0) is 17.8. The highest BCUT2D eigenvalue weighted by atomic mass is 35.5. The monoisotopic (exact) mass is 393 g/mol. The van der Waals surface area contributed by atoms with Crippen molar-refractivity contribution in [1.82, 2.24) is 20.2 Å². The molecule has 0 aliphatic carbocycles. The van der Waals surface area contributed by atoms with E-state index < -0.39 is 0 Å². The highest BCUT2D eigenvalue weighted by Gasteiger charge is 2.13. The molecule has 0 aliphatic rings. The van der Waals surface area contributed by atoms with Gasteiger partial charge in [0.05, 0.1) is 22.2 Å². The number of hydrogen-bond acceptors (Lipinski definition) is 5. The summed E-state index contributed by atoms with van der Waals surface area (Å²) < 4.78 is 1.60. The summed E-state index contributed by atoms with van der Waals surface area (Å²) in [5.74, 6) is -0.0708. The molecule has 0 spiro atoms. The largest absolute Gasteiger partial charge is 0.324 e. The number of nitrogens with zero attached hydrogens (tertiary/aromatic N) is 4. The van der Waals surface area contributed by atoms with Gasteiger partial charge in [-0.1, -0.05) is 47.1 Å². The van der Waals surface area contributed by atoms with Crippen molar-refractivity contribution in [2.45, 2.75) is 12.1 Å². The van der Waals surface area contributed by atoms with Crippen LogP contribution in [0.3, 0.4) is 0 Å². The number of rotatable bonds is 5. The van der Waals surface area contributed by atoms with Crippen molar-refractivity contribution in [3.63, 3.8) is 0 Å². The molecule has 1 aromatic heterocycles. The topological polar surface area (TPSA) is 72.7 Å². The Balaban J connectivity index is 1.66. The van der Waals surface area contributed by atoms with Crippen molar-refractivity contribution in [3.05, 3.63) is 58.1 Å². The average Bonchev–Trinajstić information content (AvgIpc) is 3.04. The van der Waals surface area contributed by atoms with Gasteiger partial charge in [0, 0.05) is 5.02 Å². The zero-order valence-electron chi connectivity index (χ0n) is 13.1. The van der Waals surface area contributed by atoms with Crippen molar-refractivity contribution >= 4 is 46.6 Å². The number of tetrazole rings is 1. The van der Waals surface area contributed by atoms with E-state index in [1.54, 1.807) is 22.9 Å². The van der Waals surface area contributed by atoms with Crippen LogP contribution in [0.25, 0.3) is 5.69 Å². The average molecular weight is 394 g/mol. The maximum Gasteiger partial charge on any atom is 0.234 e. The number of anilines is 1. The molecule has 0 aliphatic heterocycles. The van der Waals surface area contributed by atoms with E-state index in [0.29, 0.717) is 20.9 Å². The van der Waals surface area contributed by atoms with Gasteiger partial charge < -0.3 is 5.32 Å². The molecule has 2 aromatic carbocycles. The molecule has 3 aromatic rings. The Morgan fingerprint density at radius 1 is 1.24 bits per heavy atom. The van der Waals surface area contributed by atoms with E-state index in [-0.39, 0.29) is 11.7 Å². The number of aromatic nitrogens is 4. The predicted octanol–water partition coefficient (Wildman–Crippen LogP) is 4.01. The first-order valence-corrected chi connectivity index (χ1v) is 9.00. The maximum atomic E-state index is 12.1. The highest BCUT2D eigenvalue weighted by molar-refractivity contribution is 7.99. The number of carbonyl (C=O) groups excluding carboxylic acids is 1. The minimum absolute atomic E-state index is 0.144. The Labute approximate surface area is 158 Å². The summed E-state index contributed by atoms with van der Waals surface area (Å²) in [5.41, 5.74) is 2.45. The molecule has 25 heavy (non-hydrogen) atoms. The van der Waals surface area contributed by atoms with Crippen LogP contribution in [-0.4, -0.2) is 31.9 Å². The molecule has 0 fully saturated rings. The first-order valence-electron chi connectivity index (χ1n) is 7.26. The number of aryl methyl sites for hydroxylation is 1. The van der Waals surface area contributed by atoms with Crippen LogP contribution in [0.1, 0.15) is 5.56 Å². The Morgan fingerprint density at radius 2 is 2.08 bits per heavy atom. The molecule has 0 saturated carbocycles. The van der Waals surface area contributed by atoms with Crippen molar-refractivity contribution < 1.29 is 4.79 Å². The lowest BCUT2D eigenvalue weighted by atomic mass is 10.2. The molecule has 6 nitrogen and oxygen atoms in total. The van der Waals surface area contributed by atoms with Crippen molar-refractivity contribution in [3.8, 4) is 5.69 Å². The van der Waals surface area contributed by atoms with Crippen molar-refractivity contribution in [2.75, 3.05) is 11.1 Å². The number of amides is 1. The van der Waals surface area contributed by atoms with Crippen LogP contribution < -0.4 is 5.32 Å². The Bertz CT molecular complexity index is 915. The zero-order valence-corrected chi connectivity index (χ0v) is 15.4. The van der Waals surface area contributed by atoms with E-state index in [9.17, 15) is 4.79 Å². The van der Waals surface area contributed by atoms with Gasteiger partial charge in [0.25, 0.3) is 0 Å². The van der Waals surface area contributed by atoms with Crippen molar-refractivity contribution in [2.24, 2.45) is 0 Å². The quantitative estimate of drug-likeness (QED) is 0.662. The van der Waals surface area contributed by atoms with E-state index in [1.807, 2.05) is 31.2 Å². The molecule has 0 radical (unpaired) electrons. The first kappa shape index (κ1) is 17.7. The van der Waals surface area contributed by atoms with E-state index in [1.165, 1.54) is 11.8 Å². The van der Waals surface area contributed by atoms with Crippen LogP contribution >= 0.6 is 35.0 Å². The number of thioether (sulfide) groups is 1. The lowest BCUT2D eigenvalue weighted by Gasteiger charge is -2.08. The Hall–Kier alpha value is -2.09. The third-order valence-electron chi connectivity index (χ3n) is 3.22. The molecular weight excluding hydrogens is 381 g/mol. The summed E-state index contributed by atoms with van der Waals surface area (Å²) in [6.07, 6.45) is 0. The third kappa shape index (κ3) is 4.50. The fourth-order valence-electron chi connectivity index (χ4n) is 2.10. The Morgan fingerprint density at radius 3 is 2.84 bits per heavy atom. The van der Waals surface area contributed by atoms with Crippen LogP contribution in [-0.2, 0) is 4.79 Å². The fraction of sp³-hybridized carbons (Fsp3) is 0.125. The van der Waals surface area contributed by atoms with Gasteiger partial charge in [-0.25, -0.2) is 0 Å². The second-order valence-electron chi connectivity index (χ2n) is 5.17. The molecule has 3 rings (SSSR count). The normalized spacial score (nSPS) is 10.7. The second kappa shape index (κ2) is 7.86. The Kier molecular flexibility index (Phi) is 5.57. The first-order chi connectivity index (χ1) is 12.0. The lowest BCUT2D eigenvalue weighted by molar-refractivity contribution is -0.113. The third-order valence-corrected chi connectivity index (χ3v) is 4.69. The van der Waals surface area contributed by atoms with Crippen molar-refractivity contribution in [1.29, 1.82) is 0 Å². The number of nitrogens with one attached hydrogen (secondary N) is 1.